The van der Waals surface area contributed by atoms with Crippen LogP contribution in [0, 0.1) is 12.3 Å². The summed E-state index contributed by atoms with van der Waals surface area (Å²) in [5, 5.41) is 8.36. The third-order valence-electron chi connectivity index (χ3n) is 2.19. The molecule has 17 heavy (non-hydrogen) atoms. The fraction of sp³-hybridized carbons (Fsp3) is 0.417. The Morgan fingerprint density at radius 1 is 1.59 bits per heavy atom. The number of thiophene rings is 1. The Morgan fingerprint density at radius 2 is 2.35 bits per heavy atom. The number of halogens is 1. The molecule has 1 rings (SSSR count). The van der Waals surface area contributed by atoms with E-state index in [0.717, 1.165) is 12.5 Å². The van der Waals surface area contributed by atoms with E-state index in [-0.39, 0.29) is 24.0 Å². The molecular weight excluding hydrogens is 345 g/mol. The lowest BCUT2D eigenvalue weighted by Crippen LogP contribution is -2.39. The van der Waals surface area contributed by atoms with Crippen molar-refractivity contribution in [2.24, 2.45) is 4.99 Å². The van der Waals surface area contributed by atoms with E-state index in [1.807, 2.05) is 0 Å². The van der Waals surface area contributed by atoms with Crippen molar-refractivity contribution >= 4 is 41.3 Å². The summed E-state index contributed by atoms with van der Waals surface area (Å²) in [6.45, 7) is 3.53. The highest BCUT2D eigenvalue weighted by Gasteiger charge is 2.06. The lowest BCUT2D eigenvalue weighted by atomic mass is 10.1. The first-order valence-corrected chi connectivity index (χ1v) is 6.07. The average Bonchev–Trinajstić information content (AvgIpc) is 2.82. The normalized spacial score (nSPS) is 12.2. The van der Waals surface area contributed by atoms with Crippen LogP contribution in [-0.2, 0) is 0 Å². The zero-order valence-corrected chi connectivity index (χ0v) is 13.2. The fourth-order valence-corrected chi connectivity index (χ4v) is 2.06. The van der Waals surface area contributed by atoms with Crippen LogP contribution >= 0.6 is 35.3 Å². The molecule has 94 valence electrons. The highest BCUT2D eigenvalue weighted by Crippen LogP contribution is 2.19. The van der Waals surface area contributed by atoms with Gasteiger partial charge in [-0.25, -0.2) is 0 Å². The molecule has 0 aliphatic rings. The van der Waals surface area contributed by atoms with E-state index in [0.29, 0.717) is 12.5 Å². The predicted octanol–water partition coefficient (Wildman–Crippen LogP) is 2.27. The van der Waals surface area contributed by atoms with Gasteiger partial charge in [-0.3, -0.25) is 4.99 Å². The van der Waals surface area contributed by atoms with Gasteiger partial charge in [0, 0.05) is 24.4 Å². The zero-order chi connectivity index (χ0) is 11.8. The molecule has 1 atom stereocenters. The summed E-state index contributed by atoms with van der Waals surface area (Å²) in [5.74, 6) is 3.75. The van der Waals surface area contributed by atoms with Crippen molar-refractivity contribution in [1.82, 2.24) is 10.6 Å². The molecule has 0 fully saturated rings. The monoisotopic (exact) mass is 363 g/mol. The summed E-state index contributed by atoms with van der Waals surface area (Å²) in [6.07, 6.45) is 5.17. The first-order chi connectivity index (χ1) is 7.77. The summed E-state index contributed by atoms with van der Waals surface area (Å²) in [4.78, 5) is 5.46. The molecule has 5 heteroatoms. The van der Waals surface area contributed by atoms with Crippen LogP contribution in [0.3, 0.4) is 0 Å². The van der Waals surface area contributed by atoms with Crippen LogP contribution in [0.1, 0.15) is 17.7 Å². The highest BCUT2D eigenvalue weighted by atomic mass is 127. The maximum absolute atomic E-state index is 5.17. The molecule has 1 aromatic rings. The molecule has 1 unspecified atom stereocenters. The summed E-state index contributed by atoms with van der Waals surface area (Å²) < 4.78 is 0. The van der Waals surface area contributed by atoms with Crippen LogP contribution in [0.2, 0.25) is 0 Å². The van der Waals surface area contributed by atoms with Crippen molar-refractivity contribution in [3.05, 3.63) is 22.4 Å². The molecule has 0 aromatic carbocycles. The van der Waals surface area contributed by atoms with Gasteiger partial charge in [0.1, 0.15) is 0 Å². The topological polar surface area (TPSA) is 36.4 Å². The second kappa shape index (κ2) is 9.31. The van der Waals surface area contributed by atoms with Gasteiger partial charge in [-0.15, -0.1) is 41.7 Å². The summed E-state index contributed by atoms with van der Waals surface area (Å²) in [5.41, 5.74) is 0. The first kappa shape index (κ1) is 16.3. The minimum absolute atomic E-state index is 0. The van der Waals surface area contributed by atoms with Crippen LogP contribution < -0.4 is 10.6 Å². The Morgan fingerprint density at radius 3 is 2.88 bits per heavy atom. The molecule has 0 saturated carbocycles. The van der Waals surface area contributed by atoms with E-state index < -0.39 is 0 Å². The molecule has 0 aliphatic heterocycles. The van der Waals surface area contributed by atoms with E-state index in [2.05, 4.69) is 46.0 Å². The van der Waals surface area contributed by atoms with Gasteiger partial charge in [-0.1, -0.05) is 18.9 Å². The molecule has 0 bridgehead atoms. The van der Waals surface area contributed by atoms with Crippen LogP contribution in [-0.4, -0.2) is 26.1 Å². The van der Waals surface area contributed by atoms with Crippen molar-refractivity contribution < 1.29 is 0 Å². The molecule has 1 heterocycles. The summed E-state index contributed by atoms with van der Waals surface area (Å²) >= 11 is 1.78. The minimum atomic E-state index is 0. The Hall–Kier alpha value is -0.740. The number of terminal acetylenes is 1. The first-order valence-electron chi connectivity index (χ1n) is 5.19. The van der Waals surface area contributed by atoms with Crippen molar-refractivity contribution in [1.29, 1.82) is 0 Å². The predicted molar refractivity (Wildman–Crippen MR) is 86.3 cm³/mol. The molecular formula is C12H18IN3S. The molecule has 0 saturated heterocycles. The molecule has 0 amide bonds. The second-order valence-electron chi connectivity index (χ2n) is 3.43. The Labute approximate surface area is 124 Å². The average molecular weight is 363 g/mol. The minimum Gasteiger partial charge on any atom is -0.356 e. The molecule has 0 aliphatic carbocycles. The SMILES string of the molecule is C#CCNC(=NC)NCC(C)c1cccs1.I. The maximum atomic E-state index is 5.17. The van der Waals surface area contributed by atoms with Crippen LogP contribution in [0.25, 0.3) is 0 Å². The van der Waals surface area contributed by atoms with Crippen molar-refractivity contribution in [2.45, 2.75) is 12.8 Å². The van der Waals surface area contributed by atoms with Gasteiger partial charge < -0.3 is 10.6 Å². The number of rotatable bonds is 4. The Bertz CT molecular complexity index is 368. The number of hydrogen-bond acceptors (Lipinski definition) is 2. The van der Waals surface area contributed by atoms with Gasteiger partial charge in [0.05, 0.1) is 6.54 Å². The molecule has 2 N–H and O–H groups in total. The van der Waals surface area contributed by atoms with Crippen LogP contribution in [0.5, 0.6) is 0 Å². The second-order valence-corrected chi connectivity index (χ2v) is 4.41. The van der Waals surface area contributed by atoms with Gasteiger partial charge in [0.25, 0.3) is 0 Å². The van der Waals surface area contributed by atoms with Gasteiger partial charge in [-0.05, 0) is 11.4 Å². The molecule has 1 aromatic heterocycles. The van der Waals surface area contributed by atoms with E-state index in [1.165, 1.54) is 4.88 Å². The maximum Gasteiger partial charge on any atom is 0.191 e. The van der Waals surface area contributed by atoms with Gasteiger partial charge in [-0.2, -0.15) is 0 Å². The standard InChI is InChI=1S/C12H17N3S.HI/c1-4-7-14-12(13-3)15-9-10(2)11-6-5-8-16-11;/h1,5-6,8,10H,7,9H2,2-3H3,(H2,13,14,15);1H. The Kier molecular flexibility index (Phi) is 8.90. The number of nitrogens with one attached hydrogen (secondary N) is 2. The molecule has 3 nitrogen and oxygen atoms in total. The summed E-state index contributed by atoms with van der Waals surface area (Å²) in [6, 6.07) is 4.22. The zero-order valence-electron chi connectivity index (χ0n) is 10.1. The highest BCUT2D eigenvalue weighted by molar-refractivity contribution is 14.0. The quantitative estimate of drug-likeness (QED) is 0.373. The van der Waals surface area contributed by atoms with E-state index in [1.54, 1.807) is 18.4 Å². The number of nitrogens with zero attached hydrogens (tertiary/aromatic N) is 1. The lowest BCUT2D eigenvalue weighted by molar-refractivity contribution is 0.716. The fourth-order valence-electron chi connectivity index (χ4n) is 1.28. The third-order valence-corrected chi connectivity index (χ3v) is 3.29. The third kappa shape index (κ3) is 5.94. The Balaban J connectivity index is 0.00000256. The largest absolute Gasteiger partial charge is 0.356 e. The molecule has 0 spiro atoms. The van der Waals surface area contributed by atoms with Crippen LogP contribution in [0.4, 0.5) is 0 Å². The number of guanidine groups is 1. The van der Waals surface area contributed by atoms with E-state index in [4.69, 9.17) is 6.42 Å². The van der Waals surface area contributed by atoms with Gasteiger partial charge >= 0.3 is 0 Å². The van der Waals surface area contributed by atoms with Crippen LogP contribution in [0.15, 0.2) is 22.5 Å². The smallest absolute Gasteiger partial charge is 0.191 e. The van der Waals surface area contributed by atoms with Gasteiger partial charge in [0.15, 0.2) is 5.96 Å². The van der Waals surface area contributed by atoms with Crippen molar-refractivity contribution in [3.8, 4) is 12.3 Å². The van der Waals surface area contributed by atoms with E-state index >= 15 is 0 Å². The number of aliphatic imine (C=N–C) groups is 1. The lowest BCUT2D eigenvalue weighted by Gasteiger charge is -2.13. The van der Waals surface area contributed by atoms with E-state index in [9.17, 15) is 0 Å². The number of hydrogen-bond donors (Lipinski definition) is 2. The van der Waals surface area contributed by atoms with Gasteiger partial charge in [0.2, 0.25) is 0 Å². The van der Waals surface area contributed by atoms with Crippen molar-refractivity contribution in [2.75, 3.05) is 20.1 Å². The van der Waals surface area contributed by atoms with Crippen molar-refractivity contribution in [3.63, 3.8) is 0 Å². The summed E-state index contributed by atoms with van der Waals surface area (Å²) in [7, 11) is 1.74. The molecule has 0 radical (unpaired) electrons.